The van der Waals surface area contributed by atoms with Gasteiger partial charge in [0, 0.05) is 0 Å². The van der Waals surface area contributed by atoms with Crippen molar-refractivity contribution in [3.8, 4) is 5.75 Å². The molecule has 1 amide bonds. The summed E-state index contributed by atoms with van der Waals surface area (Å²) in [5.74, 6) is -0.487. The Hall–Kier alpha value is -3.14. The van der Waals surface area contributed by atoms with Gasteiger partial charge < -0.3 is 5.11 Å². The van der Waals surface area contributed by atoms with Crippen molar-refractivity contribution in [3.05, 3.63) is 77.9 Å². The number of hydrogen-bond acceptors (Lipinski definition) is 3. The van der Waals surface area contributed by atoms with Crippen LogP contribution in [0.25, 0.3) is 10.8 Å². The predicted octanol–water partition coefficient (Wildman–Crippen LogP) is 4.09. The molecule has 2 N–H and O–H groups in total. The molecule has 0 aliphatic carbocycles. The molecule has 0 unspecified atom stereocenters. The Labute approximate surface area is 140 Å². The van der Waals surface area contributed by atoms with Gasteiger partial charge in [0.2, 0.25) is 0 Å². The van der Waals surface area contributed by atoms with Gasteiger partial charge in [0.15, 0.2) is 0 Å². The van der Waals surface area contributed by atoms with Crippen LogP contribution in [-0.2, 0) is 0 Å². The summed E-state index contributed by atoms with van der Waals surface area (Å²) >= 11 is 0. The normalized spacial score (nSPS) is 11.5. The molecule has 0 spiro atoms. The monoisotopic (exact) mass is 318 g/mol. The molecule has 0 aromatic heterocycles. The fourth-order valence-electron chi connectivity index (χ4n) is 2.57. The summed E-state index contributed by atoms with van der Waals surface area (Å²) in [6.45, 7) is 1.98. The topological polar surface area (TPSA) is 61.7 Å². The van der Waals surface area contributed by atoms with E-state index >= 15 is 0 Å². The largest absolute Gasteiger partial charge is 0.507 e. The Balaban J connectivity index is 1.87. The second-order valence-electron chi connectivity index (χ2n) is 5.44. The van der Waals surface area contributed by atoms with Gasteiger partial charge in [-0.1, -0.05) is 61.5 Å². The van der Waals surface area contributed by atoms with E-state index in [0.29, 0.717) is 6.42 Å². The van der Waals surface area contributed by atoms with Crippen LogP contribution in [0.4, 0.5) is 0 Å². The van der Waals surface area contributed by atoms with Crippen LogP contribution in [0.1, 0.15) is 29.3 Å². The summed E-state index contributed by atoms with van der Waals surface area (Å²) in [5.41, 5.74) is 4.50. The quantitative estimate of drug-likeness (QED) is 0.562. The molecule has 0 bridgehead atoms. The zero-order valence-electron chi connectivity index (χ0n) is 13.4. The van der Waals surface area contributed by atoms with Crippen molar-refractivity contribution in [2.75, 3.05) is 0 Å². The third-order valence-electron chi connectivity index (χ3n) is 3.84. The number of aromatic hydroxyl groups is 1. The SMILES string of the molecule is CC/C(=N/NC(=O)c1cc2ccccc2cc1O)c1ccccc1. The molecule has 3 aromatic rings. The number of hydrazone groups is 1. The number of phenols is 1. The molecule has 0 radical (unpaired) electrons. The van der Waals surface area contributed by atoms with Crippen LogP contribution in [0.2, 0.25) is 0 Å². The molecule has 24 heavy (non-hydrogen) atoms. The predicted molar refractivity (Wildman–Crippen MR) is 96.3 cm³/mol. The molecular formula is C20H18N2O2. The van der Waals surface area contributed by atoms with Gasteiger partial charge in [0.25, 0.3) is 5.91 Å². The van der Waals surface area contributed by atoms with Crippen molar-refractivity contribution in [3.63, 3.8) is 0 Å². The van der Waals surface area contributed by atoms with Gasteiger partial charge in [0.1, 0.15) is 5.75 Å². The highest BCUT2D eigenvalue weighted by molar-refractivity contribution is 6.04. The number of carbonyl (C=O) groups excluding carboxylic acids is 1. The van der Waals surface area contributed by atoms with Crippen molar-refractivity contribution in [2.24, 2.45) is 5.10 Å². The van der Waals surface area contributed by atoms with E-state index in [2.05, 4.69) is 10.5 Å². The summed E-state index contributed by atoms with van der Waals surface area (Å²) in [4.78, 5) is 12.4. The lowest BCUT2D eigenvalue weighted by atomic mass is 10.1. The maximum Gasteiger partial charge on any atom is 0.275 e. The summed E-state index contributed by atoms with van der Waals surface area (Å²) in [5, 5.41) is 16.1. The van der Waals surface area contributed by atoms with Crippen LogP contribution in [-0.4, -0.2) is 16.7 Å². The minimum Gasteiger partial charge on any atom is -0.507 e. The van der Waals surface area contributed by atoms with E-state index in [-0.39, 0.29) is 11.3 Å². The molecule has 0 heterocycles. The molecule has 0 aliphatic rings. The first-order chi connectivity index (χ1) is 11.7. The van der Waals surface area contributed by atoms with Crippen LogP contribution < -0.4 is 5.43 Å². The van der Waals surface area contributed by atoms with E-state index < -0.39 is 5.91 Å². The summed E-state index contributed by atoms with van der Waals surface area (Å²) in [6, 6.07) is 20.5. The maximum atomic E-state index is 12.4. The number of nitrogens with one attached hydrogen (secondary N) is 1. The van der Waals surface area contributed by atoms with E-state index in [1.54, 1.807) is 12.1 Å². The van der Waals surface area contributed by atoms with Crippen molar-refractivity contribution < 1.29 is 9.90 Å². The van der Waals surface area contributed by atoms with Gasteiger partial charge in [-0.25, -0.2) is 5.43 Å². The second kappa shape index (κ2) is 6.96. The van der Waals surface area contributed by atoms with Crippen LogP contribution in [0.5, 0.6) is 5.75 Å². The van der Waals surface area contributed by atoms with E-state index in [0.717, 1.165) is 22.0 Å². The van der Waals surface area contributed by atoms with E-state index in [4.69, 9.17) is 0 Å². The third-order valence-corrected chi connectivity index (χ3v) is 3.84. The molecule has 0 atom stereocenters. The Morgan fingerprint density at radius 2 is 1.62 bits per heavy atom. The highest BCUT2D eigenvalue weighted by Gasteiger charge is 2.12. The van der Waals surface area contributed by atoms with Crippen molar-refractivity contribution in [1.82, 2.24) is 5.43 Å². The van der Waals surface area contributed by atoms with Crippen LogP contribution in [0.15, 0.2) is 71.8 Å². The van der Waals surface area contributed by atoms with Crippen LogP contribution >= 0.6 is 0 Å². The first kappa shape index (κ1) is 15.7. The molecule has 0 saturated heterocycles. The summed E-state index contributed by atoms with van der Waals surface area (Å²) in [7, 11) is 0. The molecule has 4 nitrogen and oxygen atoms in total. The average Bonchev–Trinajstić information content (AvgIpc) is 2.62. The number of fused-ring (bicyclic) bond motifs is 1. The van der Waals surface area contributed by atoms with Crippen molar-refractivity contribution in [1.29, 1.82) is 0 Å². The number of amides is 1. The summed E-state index contributed by atoms with van der Waals surface area (Å²) < 4.78 is 0. The van der Waals surface area contributed by atoms with Gasteiger partial charge in [-0.05, 0) is 34.9 Å². The average molecular weight is 318 g/mol. The summed E-state index contributed by atoms with van der Waals surface area (Å²) in [6.07, 6.45) is 0.688. The van der Waals surface area contributed by atoms with E-state index in [9.17, 15) is 9.90 Å². The molecule has 0 saturated carbocycles. The lowest BCUT2D eigenvalue weighted by Gasteiger charge is -2.08. The molecule has 120 valence electrons. The Kier molecular flexibility index (Phi) is 4.57. The zero-order valence-corrected chi connectivity index (χ0v) is 13.4. The molecule has 3 aromatic carbocycles. The minimum absolute atomic E-state index is 0.0563. The standard InChI is InChI=1S/C20H18N2O2/c1-2-18(14-8-4-3-5-9-14)21-22-20(24)17-12-15-10-6-7-11-16(15)13-19(17)23/h3-13,23H,2H2,1H3,(H,22,24)/b21-18-. The number of phenolic OH excluding ortho intramolecular Hbond substituents is 1. The lowest BCUT2D eigenvalue weighted by molar-refractivity contribution is 0.0952. The lowest BCUT2D eigenvalue weighted by Crippen LogP contribution is -2.20. The highest BCUT2D eigenvalue weighted by atomic mass is 16.3. The van der Waals surface area contributed by atoms with Gasteiger partial charge in [-0.2, -0.15) is 5.10 Å². The fourth-order valence-corrected chi connectivity index (χ4v) is 2.57. The first-order valence-electron chi connectivity index (χ1n) is 7.83. The number of carbonyl (C=O) groups is 1. The Bertz CT molecular complexity index is 902. The van der Waals surface area contributed by atoms with Gasteiger partial charge in [-0.3, -0.25) is 4.79 Å². The number of benzene rings is 3. The zero-order chi connectivity index (χ0) is 16.9. The Morgan fingerprint density at radius 1 is 1.00 bits per heavy atom. The van der Waals surface area contributed by atoms with Crippen molar-refractivity contribution >= 4 is 22.4 Å². The molecule has 4 heteroatoms. The molecule has 3 rings (SSSR count). The maximum absolute atomic E-state index is 12.4. The highest BCUT2D eigenvalue weighted by Crippen LogP contribution is 2.24. The Morgan fingerprint density at radius 3 is 2.29 bits per heavy atom. The third kappa shape index (κ3) is 3.27. The first-order valence-corrected chi connectivity index (χ1v) is 7.83. The van der Waals surface area contributed by atoms with Gasteiger partial charge >= 0.3 is 0 Å². The van der Waals surface area contributed by atoms with E-state index in [1.807, 2.05) is 61.5 Å². The fraction of sp³-hybridized carbons (Fsp3) is 0.100. The van der Waals surface area contributed by atoms with Gasteiger partial charge in [-0.15, -0.1) is 0 Å². The molecular weight excluding hydrogens is 300 g/mol. The van der Waals surface area contributed by atoms with Crippen LogP contribution in [0, 0.1) is 0 Å². The molecule has 0 aliphatic heterocycles. The second-order valence-corrected chi connectivity index (χ2v) is 5.44. The minimum atomic E-state index is -0.430. The smallest absolute Gasteiger partial charge is 0.275 e. The number of nitrogens with zero attached hydrogens (tertiary/aromatic N) is 1. The van der Waals surface area contributed by atoms with E-state index in [1.165, 1.54) is 0 Å². The molecule has 0 fully saturated rings. The number of rotatable bonds is 4. The van der Waals surface area contributed by atoms with Gasteiger partial charge in [0.05, 0.1) is 11.3 Å². The van der Waals surface area contributed by atoms with Crippen LogP contribution in [0.3, 0.4) is 0 Å². The van der Waals surface area contributed by atoms with Crippen molar-refractivity contribution in [2.45, 2.75) is 13.3 Å². The number of hydrogen-bond donors (Lipinski definition) is 2.